The van der Waals surface area contributed by atoms with Gasteiger partial charge in [-0.05, 0) is 32.6 Å². The number of carboxylic acid groups (broad SMARTS) is 2. The zero-order chi connectivity index (χ0) is 19.9. The third-order valence-corrected chi connectivity index (χ3v) is 3.02. The highest BCUT2D eigenvalue weighted by atomic mass is 27.1. The van der Waals surface area contributed by atoms with E-state index < -0.39 is 23.8 Å². The number of aliphatic carboxylic acids is 2. The minimum absolute atomic E-state index is 0.273. The lowest BCUT2D eigenvalue weighted by molar-refractivity contribution is -0.147. The molecule has 0 saturated carbocycles. The first-order chi connectivity index (χ1) is 11.0. The molecule has 138 valence electrons. The Balaban J connectivity index is -0.000000282. The van der Waals surface area contributed by atoms with Crippen LogP contribution in [0, 0.1) is 17.8 Å². The topological polar surface area (TPSA) is 118 Å². The Morgan fingerprint density at radius 2 is 1.17 bits per heavy atom. The van der Waals surface area contributed by atoms with E-state index in [1.807, 2.05) is 0 Å². The van der Waals surface area contributed by atoms with E-state index in [9.17, 15) is 19.2 Å². The monoisotopic (exact) mass is 360 g/mol. The summed E-state index contributed by atoms with van der Waals surface area (Å²) in [6.07, 6.45) is 0.759. The van der Waals surface area contributed by atoms with Gasteiger partial charge in [0.2, 0.25) is 0 Å². The van der Waals surface area contributed by atoms with Crippen molar-refractivity contribution in [2.24, 2.45) is 17.8 Å². The van der Waals surface area contributed by atoms with Gasteiger partial charge in [-0.1, -0.05) is 27.7 Å². The van der Waals surface area contributed by atoms with E-state index in [1.165, 1.54) is 13.8 Å². The lowest BCUT2D eigenvalue weighted by atomic mass is 10.0. The first-order valence-electron chi connectivity index (χ1n) is 7.74. The van der Waals surface area contributed by atoms with Crippen molar-refractivity contribution in [3.8, 4) is 0 Å². The van der Waals surface area contributed by atoms with Crippen LogP contribution in [-0.2, 0) is 23.0 Å². The van der Waals surface area contributed by atoms with Crippen molar-refractivity contribution < 1.29 is 33.2 Å². The molecule has 0 amide bonds. The number of hydrogen-bond acceptors (Lipinski definition) is 5. The summed E-state index contributed by atoms with van der Waals surface area (Å²) in [6.45, 7) is 11.0. The molecule has 8 heteroatoms. The van der Waals surface area contributed by atoms with E-state index in [0.717, 1.165) is 6.61 Å². The van der Waals surface area contributed by atoms with Gasteiger partial charge in [-0.15, -0.1) is 0 Å². The predicted octanol–water partition coefficient (Wildman–Crippen LogP) is 2.11. The number of hydrogen-bond donors (Lipinski definition) is 2. The summed E-state index contributed by atoms with van der Waals surface area (Å²) in [5.74, 6) is -3.54. The van der Waals surface area contributed by atoms with E-state index in [-0.39, 0.29) is 11.6 Å². The first-order valence-corrected chi connectivity index (χ1v) is 8.21. The Labute approximate surface area is 152 Å². The van der Waals surface area contributed by atoms with Gasteiger partial charge in [0.1, 0.15) is 23.4 Å². The molecule has 0 aliphatic carbocycles. The van der Waals surface area contributed by atoms with Crippen LogP contribution >= 0.6 is 0 Å². The van der Waals surface area contributed by atoms with Gasteiger partial charge in [0, 0.05) is 6.61 Å². The minimum atomic E-state index is -1.02. The van der Waals surface area contributed by atoms with E-state index in [4.69, 9.17) is 14.0 Å². The molecule has 2 atom stereocenters. The maximum atomic E-state index is 10.4. The molecule has 0 fully saturated rings. The number of carboxylic acids is 2. The summed E-state index contributed by atoms with van der Waals surface area (Å²) >= 11 is 2.22. The summed E-state index contributed by atoms with van der Waals surface area (Å²) < 4.78 is 4.72. The fraction of sp³-hybridized carbons (Fsp3) is 0.750. The third kappa shape index (κ3) is 17.1. The van der Waals surface area contributed by atoms with Gasteiger partial charge in [-0.3, -0.25) is 19.2 Å². The SMILES string of the molecule is CC(C)C[O][Al].CCC(C(C)=O)C(=O)O.CCC(C(C)=O)C(=O)O. The molecule has 7 nitrogen and oxygen atoms in total. The molecule has 0 rings (SSSR count). The number of carbonyl (C=O) groups excluding carboxylic acids is 2. The molecule has 0 aliphatic heterocycles. The Morgan fingerprint density at radius 3 is 1.17 bits per heavy atom. The van der Waals surface area contributed by atoms with Crippen LogP contribution in [0.3, 0.4) is 0 Å². The van der Waals surface area contributed by atoms with Crippen LogP contribution in [0.5, 0.6) is 0 Å². The highest BCUT2D eigenvalue weighted by Crippen LogP contribution is 2.03. The van der Waals surface area contributed by atoms with Gasteiger partial charge in [-0.25, -0.2) is 0 Å². The molecule has 0 aliphatic rings. The summed E-state index contributed by atoms with van der Waals surface area (Å²) in [7, 11) is 0. The Morgan fingerprint density at radius 1 is 0.875 bits per heavy atom. The van der Waals surface area contributed by atoms with E-state index in [0.29, 0.717) is 18.8 Å². The van der Waals surface area contributed by atoms with Crippen molar-refractivity contribution in [1.29, 1.82) is 0 Å². The van der Waals surface area contributed by atoms with Crippen molar-refractivity contribution in [3.63, 3.8) is 0 Å². The number of ketones is 2. The van der Waals surface area contributed by atoms with Gasteiger partial charge >= 0.3 is 28.6 Å². The zero-order valence-corrected chi connectivity index (χ0v) is 16.5. The van der Waals surface area contributed by atoms with Gasteiger partial charge < -0.3 is 14.0 Å². The standard InChI is InChI=1S/2C6H10O3.C4H9O.Al/c2*1-3-5(4(2)7)6(8)9;1-4(2)3-5;/h2*5H,3H2,1-2H3,(H,8,9);4H,3H2,1-2H3;/q;;-1;+1. The predicted molar refractivity (Wildman–Crippen MR) is 90.7 cm³/mol. The molecule has 0 aromatic carbocycles. The van der Waals surface area contributed by atoms with Crippen molar-refractivity contribution >= 4 is 40.1 Å². The molecule has 2 unspecified atom stereocenters. The van der Waals surface area contributed by atoms with Crippen LogP contribution in [0.15, 0.2) is 0 Å². The van der Waals surface area contributed by atoms with Crippen molar-refractivity contribution in [3.05, 3.63) is 0 Å². The zero-order valence-electron chi connectivity index (χ0n) is 15.4. The maximum Gasteiger partial charge on any atom is 0.369 e. The molecule has 0 spiro atoms. The second-order valence-corrected chi connectivity index (χ2v) is 5.88. The fourth-order valence-electron chi connectivity index (χ4n) is 1.46. The molecule has 2 N–H and O–H groups in total. The van der Waals surface area contributed by atoms with Crippen LogP contribution in [0.25, 0.3) is 0 Å². The van der Waals surface area contributed by atoms with Crippen molar-refractivity contribution in [2.45, 2.75) is 54.4 Å². The molecule has 0 bridgehead atoms. The molecule has 0 heterocycles. The van der Waals surface area contributed by atoms with Gasteiger partial charge in [-0.2, -0.15) is 0 Å². The molecule has 24 heavy (non-hydrogen) atoms. The van der Waals surface area contributed by atoms with Crippen LogP contribution in [0.2, 0.25) is 0 Å². The van der Waals surface area contributed by atoms with Crippen LogP contribution in [-0.4, -0.2) is 56.9 Å². The van der Waals surface area contributed by atoms with Gasteiger partial charge in [0.05, 0.1) is 0 Å². The van der Waals surface area contributed by atoms with Crippen molar-refractivity contribution in [1.82, 2.24) is 0 Å². The quantitative estimate of drug-likeness (QED) is 0.503. The van der Waals surface area contributed by atoms with E-state index >= 15 is 0 Å². The van der Waals surface area contributed by atoms with Gasteiger partial charge in [0.15, 0.2) is 0 Å². The molecule has 0 aromatic heterocycles. The second kappa shape index (κ2) is 16.6. The Kier molecular flexibility index (Phi) is 19.1. The minimum Gasteiger partial charge on any atom is -0.516 e. The van der Waals surface area contributed by atoms with E-state index in [2.05, 4.69) is 30.5 Å². The summed E-state index contributed by atoms with van der Waals surface area (Å²) in [5, 5.41) is 16.6. The lowest BCUT2D eigenvalue weighted by Crippen LogP contribution is -2.19. The lowest BCUT2D eigenvalue weighted by Gasteiger charge is -2.01. The molecule has 0 saturated heterocycles. The number of carbonyl (C=O) groups is 4. The Bertz CT molecular complexity index is 334. The highest BCUT2D eigenvalue weighted by molar-refractivity contribution is 5.98. The van der Waals surface area contributed by atoms with Crippen molar-refractivity contribution in [2.75, 3.05) is 6.61 Å². The molecule has 0 aromatic rings. The summed E-state index contributed by atoms with van der Waals surface area (Å²) in [6, 6.07) is 0. The summed E-state index contributed by atoms with van der Waals surface area (Å²) in [4.78, 5) is 41.2. The molecular weight excluding hydrogens is 331 g/mol. The maximum absolute atomic E-state index is 10.4. The fourth-order valence-corrected chi connectivity index (χ4v) is 1.85. The third-order valence-electron chi connectivity index (χ3n) is 2.82. The Hall–Kier alpha value is -1.23. The van der Waals surface area contributed by atoms with Gasteiger partial charge in [0.25, 0.3) is 0 Å². The number of Topliss-reactive ketones (excluding diaryl/α,β-unsaturated/α-hetero) is 2. The average molecular weight is 360 g/mol. The second-order valence-electron chi connectivity index (χ2n) is 5.55. The van der Waals surface area contributed by atoms with Crippen LogP contribution < -0.4 is 0 Å². The summed E-state index contributed by atoms with van der Waals surface area (Å²) in [5.41, 5.74) is 0. The first kappa shape index (κ1) is 27.6. The highest BCUT2D eigenvalue weighted by Gasteiger charge is 2.19. The molecule has 2 radical (unpaired) electrons. The van der Waals surface area contributed by atoms with E-state index in [1.54, 1.807) is 13.8 Å². The number of rotatable bonds is 8. The smallest absolute Gasteiger partial charge is 0.369 e. The largest absolute Gasteiger partial charge is 0.516 e. The normalized spacial score (nSPS) is 12.0. The van der Waals surface area contributed by atoms with Crippen LogP contribution in [0.1, 0.15) is 54.4 Å². The molecular formula is C16H29AlO7. The average Bonchev–Trinajstić information content (AvgIpc) is 2.39. The van der Waals surface area contributed by atoms with Crippen LogP contribution in [0.4, 0.5) is 0 Å².